The van der Waals surface area contributed by atoms with E-state index >= 15 is 0 Å². The van der Waals surface area contributed by atoms with Gasteiger partial charge in [-0.1, -0.05) is 146 Å². The zero-order chi connectivity index (χ0) is 32.8. The van der Waals surface area contributed by atoms with Crippen molar-refractivity contribution in [3.8, 4) is 28.2 Å². The summed E-state index contributed by atoms with van der Waals surface area (Å²) in [6.45, 7) is 0. The first-order valence-electron chi connectivity index (χ1n) is 17.1. The van der Waals surface area contributed by atoms with Gasteiger partial charge in [0, 0.05) is 16.3 Å². The third-order valence-electron chi connectivity index (χ3n) is 10.7. The summed E-state index contributed by atoms with van der Waals surface area (Å²) in [5, 5.41) is 2.40. The fourth-order valence-electron chi connectivity index (χ4n) is 8.65. The second-order valence-corrected chi connectivity index (χ2v) is 13.1. The SMILES string of the molecule is c1ccc(C2(c3ccccc3)c3ccccc3-c3ccc(-c4nc5oc6ccccc6n5c4-n4c5ccccc5c5ccccc54)cc32)cc1. The van der Waals surface area contributed by atoms with Crippen LogP contribution in [0.5, 0.6) is 0 Å². The number of imidazole rings is 1. The third-order valence-corrected chi connectivity index (χ3v) is 10.7. The summed E-state index contributed by atoms with van der Waals surface area (Å²) in [5.41, 5.74) is 12.9. The fraction of sp³-hybridized carbons (Fsp3) is 0.0217. The molecule has 7 aromatic carbocycles. The Morgan fingerprint density at radius 1 is 0.480 bits per heavy atom. The van der Waals surface area contributed by atoms with Gasteiger partial charge in [0.05, 0.1) is 22.0 Å². The van der Waals surface area contributed by atoms with E-state index in [2.05, 4.69) is 173 Å². The molecule has 1 aliphatic carbocycles. The van der Waals surface area contributed by atoms with Crippen molar-refractivity contribution in [2.24, 2.45) is 0 Å². The first-order valence-corrected chi connectivity index (χ1v) is 17.1. The minimum absolute atomic E-state index is 0.511. The number of rotatable bonds is 4. The predicted molar refractivity (Wildman–Crippen MR) is 202 cm³/mol. The van der Waals surface area contributed by atoms with Crippen molar-refractivity contribution in [3.63, 3.8) is 0 Å². The lowest BCUT2D eigenvalue weighted by molar-refractivity contribution is 0.641. The van der Waals surface area contributed by atoms with Gasteiger partial charge in [-0.15, -0.1) is 0 Å². The summed E-state index contributed by atoms with van der Waals surface area (Å²) in [6.07, 6.45) is 0. The molecule has 0 bridgehead atoms. The normalized spacial score (nSPS) is 13.4. The smallest absolute Gasteiger partial charge is 0.309 e. The molecule has 4 heteroatoms. The Kier molecular flexibility index (Phi) is 5.56. The van der Waals surface area contributed by atoms with Gasteiger partial charge in [0.1, 0.15) is 5.69 Å². The first-order chi connectivity index (χ1) is 24.8. The average Bonchev–Trinajstić information content (AvgIpc) is 3.91. The summed E-state index contributed by atoms with van der Waals surface area (Å²) in [4.78, 5) is 5.33. The van der Waals surface area contributed by atoms with Crippen LogP contribution < -0.4 is 0 Å². The molecule has 0 aliphatic heterocycles. The largest absolute Gasteiger partial charge is 0.423 e. The van der Waals surface area contributed by atoms with Crippen LogP contribution >= 0.6 is 0 Å². The number of nitrogens with zero attached hydrogens (tertiary/aromatic N) is 3. The molecule has 0 saturated carbocycles. The van der Waals surface area contributed by atoms with Crippen LogP contribution in [0.25, 0.3) is 67.0 Å². The van der Waals surface area contributed by atoms with Gasteiger partial charge in [-0.2, -0.15) is 4.98 Å². The first kappa shape index (κ1) is 27.3. The van der Waals surface area contributed by atoms with E-state index in [1.54, 1.807) is 0 Å². The van der Waals surface area contributed by atoms with E-state index in [0.29, 0.717) is 5.84 Å². The number of aromatic nitrogens is 3. The highest BCUT2D eigenvalue weighted by Crippen LogP contribution is 2.57. The van der Waals surface area contributed by atoms with E-state index in [0.717, 1.165) is 39.2 Å². The van der Waals surface area contributed by atoms with Crippen LogP contribution in [0.2, 0.25) is 0 Å². The maximum atomic E-state index is 6.48. The van der Waals surface area contributed by atoms with Gasteiger partial charge in [-0.25, -0.2) is 4.40 Å². The van der Waals surface area contributed by atoms with Crippen LogP contribution in [0.1, 0.15) is 22.3 Å². The lowest BCUT2D eigenvalue weighted by Crippen LogP contribution is -2.28. The summed E-state index contributed by atoms with van der Waals surface area (Å²) in [6, 6.07) is 63.2. The molecule has 234 valence electrons. The quantitative estimate of drug-likeness (QED) is 0.192. The van der Waals surface area contributed by atoms with Crippen molar-refractivity contribution >= 4 is 38.7 Å². The number of fused-ring (bicyclic) bond motifs is 9. The molecule has 11 rings (SSSR count). The minimum Gasteiger partial charge on any atom is -0.423 e. The molecular weight excluding hydrogens is 611 g/mol. The molecule has 3 heterocycles. The van der Waals surface area contributed by atoms with Crippen LogP contribution in [0.15, 0.2) is 180 Å². The summed E-state index contributed by atoms with van der Waals surface area (Å²) in [7, 11) is 0. The van der Waals surface area contributed by atoms with Crippen molar-refractivity contribution in [1.29, 1.82) is 0 Å². The predicted octanol–water partition coefficient (Wildman–Crippen LogP) is 11.2. The monoisotopic (exact) mass is 639 g/mol. The van der Waals surface area contributed by atoms with Gasteiger partial charge in [0.25, 0.3) is 0 Å². The maximum absolute atomic E-state index is 6.48. The third kappa shape index (κ3) is 3.52. The highest BCUT2D eigenvalue weighted by atomic mass is 16.4. The van der Waals surface area contributed by atoms with Crippen LogP contribution in [0, 0.1) is 0 Å². The molecular formula is C46H29N3O. The molecule has 50 heavy (non-hydrogen) atoms. The van der Waals surface area contributed by atoms with Crippen molar-refractivity contribution in [1.82, 2.24) is 14.0 Å². The van der Waals surface area contributed by atoms with Crippen molar-refractivity contribution in [2.45, 2.75) is 5.41 Å². The molecule has 0 atom stereocenters. The molecule has 0 fully saturated rings. The minimum atomic E-state index is -0.511. The Morgan fingerprint density at radius 2 is 1.04 bits per heavy atom. The molecule has 3 aromatic heterocycles. The van der Waals surface area contributed by atoms with Crippen molar-refractivity contribution < 1.29 is 4.42 Å². The Bertz CT molecular complexity index is 2840. The van der Waals surface area contributed by atoms with Crippen molar-refractivity contribution in [3.05, 3.63) is 198 Å². The van der Waals surface area contributed by atoms with E-state index in [-0.39, 0.29) is 0 Å². The average molecular weight is 640 g/mol. The summed E-state index contributed by atoms with van der Waals surface area (Å²) in [5.74, 6) is 1.53. The lowest BCUT2D eigenvalue weighted by Gasteiger charge is -2.34. The topological polar surface area (TPSA) is 35.4 Å². The number of hydrogen-bond donors (Lipinski definition) is 0. The number of oxazole rings is 1. The van der Waals surface area contributed by atoms with Crippen molar-refractivity contribution in [2.75, 3.05) is 0 Å². The number of hydrogen-bond acceptors (Lipinski definition) is 2. The van der Waals surface area contributed by atoms with Crippen LogP contribution in [-0.2, 0) is 5.41 Å². The Balaban J connectivity index is 1.27. The molecule has 4 nitrogen and oxygen atoms in total. The van der Waals surface area contributed by atoms with Gasteiger partial charge in [-0.05, 0) is 63.7 Å². The fourth-order valence-corrected chi connectivity index (χ4v) is 8.65. The molecule has 10 aromatic rings. The molecule has 0 N–H and O–H groups in total. The maximum Gasteiger partial charge on any atom is 0.309 e. The van der Waals surface area contributed by atoms with E-state index < -0.39 is 5.41 Å². The Morgan fingerprint density at radius 3 is 1.74 bits per heavy atom. The Labute approximate surface area is 288 Å². The van der Waals surface area contributed by atoms with E-state index in [9.17, 15) is 0 Å². The van der Waals surface area contributed by atoms with E-state index in [1.807, 2.05) is 12.1 Å². The summed E-state index contributed by atoms with van der Waals surface area (Å²) >= 11 is 0. The van der Waals surface area contributed by atoms with Crippen LogP contribution in [0.4, 0.5) is 0 Å². The second-order valence-electron chi connectivity index (χ2n) is 13.1. The Hall–Kier alpha value is -6.65. The molecule has 0 saturated heterocycles. The van der Waals surface area contributed by atoms with Crippen LogP contribution in [-0.4, -0.2) is 14.0 Å². The molecule has 0 spiro atoms. The van der Waals surface area contributed by atoms with Gasteiger partial charge in [0.2, 0.25) is 0 Å². The number of benzene rings is 7. The van der Waals surface area contributed by atoms with Gasteiger partial charge in [-0.3, -0.25) is 4.57 Å². The van der Waals surface area contributed by atoms with E-state index in [1.165, 1.54) is 44.2 Å². The molecule has 1 aliphatic rings. The number of para-hydroxylation sites is 4. The zero-order valence-electron chi connectivity index (χ0n) is 27.0. The van der Waals surface area contributed by atoms with Gasteiger partial charge < -0.3 is 4.42 Å². The molecule has 0 unspecified atom stereocenters. The zero-order valence-corrected chi connectivity index (χ0v) is 27.0. The lowest BCUT2D eigenvalue weighted by atomic mass is 9.67. The van der Waals surface area contributed by atoms with E-state index in [4.69, 9.17) is 9.40 Å². The standard InChI is InChI=1S/C46H29N3O/c1-3-15-31(16-4-1)46(32-17-5-2-6-18-32)37-22-10-7-19-33(37)34-28-27-30(29-38(34)46)43-44(49-41-25-13-14-26-42(41)50-45(49)47-43)48-39-23-11-8-20-35(39)36-21-9-12-24-40(36)48/h1-29H. The second kappa shape index (κ2) is 10.2. The van der Waals surface area contributed by atoms with Gasteiger partial charge >= 0.3 is 5.84 Å². The molecule has 0 amide bonds. The summed E-state index contributed by atoms with van der Waals surface area (Å²) < 4.78 is 11.0. The highest BCUT2D eigenvalue weighted by molar-refractivity contribution is 6.09. The van der Waals surface area contributed by atoms with Gasteiger partial charge in [0.15, 0.2) is 11.4 Å². The highest BCUT2D eigenvalue weighted by Gasteiger charge is 2.46. The molecule has 0 radical (unpaired) electrons. The van der Waals surface area contributed by atoms with Crippen LogP contribution in [0.3, 0.4) is 0 Å².